The van der Waals surface area contributed by atoms with Crippen LogP contribution in [0.25, 0.3) is 0 Å². The van der Waals surface area contributed by atoms with Crippen molar-refractivity contribution >= 4 is 10.2 Å². The number of alkyl halides is 3. The lowest BCUT2D eigenvalue weighted by molar-refractivity contribution is -0.121. The summed E-state index contributed by atoms with van der Waals surface area (Å²) < 4.78 is 67.5. The van der Waals surface area contributed by atoms with Crippen LogP contribution in [-0.4, -0.2) is 64.8 Å². The predicted octanol–water partition coefficient (Wildman–Crippen LogP) is 0.0835. The monoisotopic (exact) mass is 319 g/mol. The number of halogens is 3. The molecule has 0 radical (unpaired) electrons. The molecule has 0 aromatic carbocycles. The molecule has 1 rings (SSSR count). The lowest BCUT2D eigenvalue weighted by Crippen LogP contribution is -2.49. The molecule has 0 aromatic heterocycles. The minimum Gasteiger partial charge on any atom is -0.383 e. The first-order chi connectivity index (χ1) is 9.24. The van der Waals surface area contributed by atoms with Crippen LogP contribution >= 0.6 is 0 Å². The summed E-state index contributed by atoms with van der Waals surface area (Å²) in [5.74, 6) is 0. The minimum absolute atomic E-state index is 0.0157. The molecule has 20 heavy (non-hydrogen) atoms. The van der Waals surface area contributed by atoms with Crippen molar-refractivity contribution < 1.29 is 26.3 Å². The van der Waals surface area contributed by atoms with E-state index in [0.717, 1.165) is 23.7 Å². The summed E-state index contributed by atoms with van der Waals surface area (Å²) in [4.78, 5) is 0. The summed E-state index contributed by atoms with van der Waals surface area (Å²) in [5.41, 5.74) is 0. The molecule has 10 heteroatoms. The number of hydrogen-bond acceptors (Lipinski definition) is 4. The van der Waals surface area contributed by atoms with Crippen molar-refractivity contribution in [2.45, 2.75) is 25.1 Å². The van der Waals surface area contributed by atoms with Gasteiger partial charge in [-0.05, 0) is 19.4 Å². The zero-order valence-electron chi connectivity index (χ0n) is 11.2. The third-order valence-corrected chi connectivity index (χ3v) is 4.45. The van der Waals surface area contributed by atoms with Gasteiger partial charge in [0.15, 0.2) is 0 Å². The molecule has 1 heterocycles. The zero-order valence-corrected chi connectivity index (χ0v) is 12.1. The Bertz CT molecular complexity index is 383. The second-order valence-electron chi connectivity index (χ2n) is 4.59. The Kier molecular flexibility index (Phi) is 6.65. The molecule has 1 atom stereocenters. The van der Waals surface area contributed by atoms with Crippen molar-refractivity contribution in [2.24, 2.45) is 0 Å². The van der Waals surface area contributed by atoms with E-state index in [-0.39, 0.29) is 25.7 Å². The summed E-state index contributed by atoms with van der Waals surface area (Å²) in [6, 6.07) is -0.0330. The van der Waals surface area contributed by atoms with Crippen LogP contribution in [0.4, 0.5) is 13.2 Å². The summed E-state index contributed by atoms with van der Waals surface area (Å²) in [5, 5.41) is 3.11. The van der Waals surface area contributed by atoms with Gasteiger partial charge in [-0.1, -0.05) is 0 Å². The van der Waals surface area contributed by atoms with E-state index < -0.39 is 22.9 Å². The van der Waals surface area contributed by atoms with Gasteiger partial charge in [0, 0.05) is 26.2 Å². The molecule has 0 amide bonds. The van der Waals surface area contributed by atoms with Gasteiger partial charge in [0.05, 0.1) is 6.61 Å². The molecule has 0 bridgehead atoms. The van der Waals surface area contributed by atoms with Gasteiger partial charge in [-0.15, -0.1) is 0 Å². The van der Waals surface area contributed by atoms with Crippen molar-refractivity contribution in [2.75, 3.05) is 39.9 Å². The first-order valence-electron chi connectivity index (χ1n) is 6.28. The van der Waals surface area contributed by atoms with Crippen LogP contribution in [0.5, 0.6) is 0 Å². The zero-order chi connectivity index (χ0) is 15.2. The largest absolute Gasteiger partial charge is 0.402 e. The molecule has 0 saturated carbocycles. The average Bonchev–Trinajstić information content (AvgIpc) is 2.84. The number of hydrogen-bond donors (Lipinski definition) is 2. The molecule has 120 valence electrons. The van der Waals surface area contributed by atoms with E-state index >= 15 is 0 Å². The molecular formula is C10H20F3N3O3S. The smallest absolute Gasteiger partial charge is 0.383 e. The Morgan fingerprint density at radius 3 is 2.65 bits per heavy atom. The first kappa shape index (κ1) is 17.6. The number of nitrogens with one attached hydrogen (secondary N) is 2. The maximum Gasteiger partial charge on any atom is 0.402 e. The van der Waals surface area contributed by atoms with Gasteiger partial charge >= 0.3 is 6.18 Å². The fourth-order valence-electron chi connectivity index (χ4n) is 1.93. The Morgan fingerprint density at radius 2 is 2.15 bits per heavy atom. The van der Waals surface area contributed by atoms with E-state index in [2.05, 4.69) is 5.32 Å². The number of ether oxygens (including phenoxy) is 1. The van der Waals surface area contributed by atoms with Crippen LogP contribution in [0.2, 0.25) is 0 Å². The molecule has 6 nitrogen and oxygen atoms in total. The normalized spacial score (nSPS) is 20.8. The topological polar surface area (TPSA) is 70.7 Å². The van der Waals surface area contributed by atoms with Gasteiger partial charge in [-0.25, -0.2) is 0 Å². The van der Waals surface area contributed by atoms with Crippen molar-refractivity contribution in [1.29, 1.82) is 0 Å². The molecule has 0 aromatic rings. The maximum absolute atomic E-state index is 12.1. The highest BCUT2D eigenvalue weighted by molar-refractivity contribution is 7.87. The lowest BCUT2D eigenvalue weighted by atomic mass is 10.2. The van der Waals surface area contributed by atoms with Crippen molar-refractivity contribution in [3.8, 4) is 0 Å². The predicted molar refractivity (Wildman–Crippen MR) is 67.5 cm³/mol. The van der Waals surface area contributed by atoms with Gasteiger partial charge in [-0.2, -0.15) is 30.6 Å². The Morgan fingerprint density at radius 1 is 1.45 bits per heavy atom. The van der Waals surface area contributed by atoms with Gasteiger partial charge in [0.25, 0.3) is 10.2 Å². The van der Waals surface area contributed by atoms with Crippen LogP contribution < -0.4 is 10.0 Å². The molecule has 1 saturated heterocycles. The minimum atomic E-state index is -4.58. The van der Waals surface area contributed by atoms with Crippen LogP contribution in [0.1, 0.15) is 12.8 Å². The van der Waals surface area contributed by atoms with Crippen LogP contribution in [0.3, 0.4) is 0 Å². The third kappa shape index (κ3) is 6.35. The van der Waals surface area contributed by atoms with Crippen LogP contribution in [0, 0.1) is 0 Å². The average molecular weight is 319 g/mol. The summed E-state index contributed by atoms with van der Waals surface area (Å²) in [6.07, 6.45) is -2.84. The summed E-state index contributed by atoms with van der Waals surface area (Å²) >= 11 is 0. The molecule has 1 fully saturated rings. The van der Waals surface area contributed by atoms with Gasteiger partial charge in [-0.3, -0.25) is 0 Å². The molecule has 0 spiro atoms. The second-order valence-corrected chi connectivity index (χ2v) is 6.34. The van der Waals surface area contributed by atoms with Gasteiger partial charge in [0.1, 0.15) is 6.54 Å². The Labute approximate surface area is 116 Å². The fourth-order valence-corrected chi connectivity index (χ4v) is 3.15. The Hall–Kier alpha value is -0.420. The second kappa shape index (κ2) is 7.55. The van der Waals surface area contributed by atoms with Crippen molar-refractivity contribution in [3.05, 3.63) is 0 Å². The Balaban J connectivity index is 2.63. The van der Waals surface area contributed by atoms with Crippen molar-refractivity contribution in [1.82, 2.24) is 14.3 Å². The van der Waals surface area contributed by atoms with E-state index in [1.807, 2.05) is 0 Å². The van der Waals surface area contributed by atoms with E-state index in [0.29, 0.717) is 0 Å². The highest BCUT2D eigenvalue weighted by Gasteiger charge is 2.33. The highest BCUT2D eigenvalue weighted by Crippen LogP contribution is 2.14. The quantitative estimate of drug-likeness (QED) is 0.665. The number of rotatable bonds is 8. The number of methoxy groups -OCH3 is 1. The van der Waals surface area contributed by atoms with Crippen molar-refractivity contribution in [3.63, 3.8) is 0 Å². The fraction of sp³-hybridized carbons (Fsp3) is 1.00. The SMILES string of the molecule is COCCN(CC1CCCN1)S(=O)(=O)NCC(F)(F)F. The highest BCUT2D eigenvalue weighted by atomic mass is 32.2. The lowest BCUT2D eigenvalue weighted by Gasteiger charge is -2.25. The first-order valence-corrected chi connectivity index (χ1v) is 7.72. The van der Waals surface area contributed by atoms with Crippen LogP contribution in [-0.2, 0) is 14.9 Å². The van der Waals surface area contributed by atoms with E-state index in [4.69, 9.17) is 4.74 Å². The molecule has 2 N–H and O–H groups in total. The summed E-state index contributed by atoms with van der Waals surface area (Å²) in [6.45, 7) is -0.506. The van der Waals surface area contributed by atoms with E-state index in [9.17, 15) is 21.6 Å². The van der Waals surface area contributed by atoms with E-state index in [1.165, 1.54) is 7.11 Å². The van der Waals surface area contributed by atoms with Crippen LogP contribution in [0.15, 0.2) is 0 Å². The van der Waals surface area contributed by atoms with Gasteiger partial charge in [0.2, 0.25) is 0 Å². The summed E-state index contributed by atoms with van der Waals surface area (Å²) in [7, 11) is -2.77. The van der Waals surface area contributed by atoms with Gasteiger partial charge < -0.3 is 10.1 Å². The molecule has 1 aliphatic rings. The molecular weight excluding hydrogens is 299 g/mol. The standard InChI is InChI=1S/C10H20F3N3O3S/c1-19-6-5-16(7-9-3-2-4-14-9)20(17,18)15-8-10(11,12)13/h9,14-15H,2-8H2,1H3. The molecule has 1 aliphatic heterocycles. The number of nitrogens with zero attached hydrogens (tertiary/aromatic N) is 1. The third-order valence-electron chi connectivity index (χ3n) is 2.93. The molecule has 1 unspecified atom stereocenters. The van der Waals surface area contributed by atoms with E-state index in [1.54, 1.807) is 4.72 Å². The molecule has 0 aliphatic carbocycles. The maximum atomic E-state index is 12.1.